The summed E-state index contributed by atoms with van der Waals surface area (Å²) in [4.78, 5) is 10.1. The number of nitrogens with zero attached hydrogens (tertiary/aromatic N) is 1. The van der Waals surface area contributed by atoms with Gasteiger partial charge in [0.1, 0.15) is 12.4 Å². The maximum atomic E-state index is 10.6. The highest BCUT2D eigenvalue weighted by Crippen LogP contribution is 2.17. The molecule has 1 aliphatic rings. The topological polar surface area (TPSA) is 101 Å². The van der Waals surface area contributed by atoms with Gasteiger partial charge in [-0.1, -0.05) is 0 Å². The summed E-state index contributed by atoms with van der Waals surface area (Å²) < 4.78 is 27.5. The summed E-state index contributed by atoms with van der Waals surface area (Å²) >= 11 is 0. The molecule has 0 radical (unpaired) electrons. The van der Waals surface area contributed by atoms with E-state index in [2.05, 4.69) is 5.32 Å². The van der Waals surface area contributed by atoms with Gasteiger partial charge in [0.15, 0.2) is 0 Å². The van der Waals surface area contributed by atoms with Crippen LogP contribution in [0.4, 0.5) is 5.69 Å². The number of hydrogen-bond acceptors (Lipinski definition) is 8. The SMILES string of the molecule is O=[N+]([O-])c1ccc(OCCOCCOCCOCCOC2CCNCC2)cc1. The molecular weight excluding hydrogens is 368 g/mol. The smallest absolute Gasteiger partial charge is 0.269 e. The lowest BCUT2D eigenvalue weighted by molar-refractivity contribution is -0.384. The Morgan fingerprint density at radius 3 is 1.96 bits per heavy atom. The minimum Gasteiger partial charge on any atom is -0.491 e. The van der Waals surface area contributed by atoms with Crippen molar-refractivity contribution in [3.63, 3.8) is 0 Å². The molecule has 28 heavy (non-hydrogen) atoms. The molecule has 1 aromatic rings. The zero-order valence-corrected chi connectivity index (χ0v) is 16.2. The lowest BCUT2D eigenvalue weighted by Gasteiger charge is -2.22. The lowest BCUT2D eigenvalue weighted by atomic mass is 10.1. The summed E-state index contributed by atoms with van der Waals surface area (Å²) in [7, 11) is 0. The Kier molecular flexibility index (Phi) is 11.5. The normalized spacial score (nSPS) is 14.9. The van der Waals surface area contributed by atoms with E-state index in [0.717, 1.165) is 25.9 Å². The highest BCUT2D eigenvalue weighted by atomic mass is 16.6. The van der Waals surface area contributed by atoms with Gasteiger partial charge in [-0.2, -0.15) is 0 Å². The van der Waals surface area contributed by atoms with Gasteiger partial charge >= 0.3 is 0 Å². The lowest BCUT2D eigenvalue weighted by Crippen LogP contribution is -2.33. The number of ether oxygens (including phenoxy) is 5. The second-order valence-electron chi connectivity index (χ2n) is 6.26. The number of non-ortho nitro benzene ring substituents is 1. The first-order chi connectivity index (χ1) is 13.8. The molecule has 9 heteroatoms. The van der Waals surface area contributed by atoms with Crippen LogP contribution in [0.2, 0.25) is 0 Å². The van der Waals surface area contributed by atoms with Crippen LogP contribution in [-0.2, 0) is 18.9 Å². The molecule has 0 atom stereocenters. The van der Waals surface area contributed by atoms with Crippen LogP contribution >= 0.6 is 0 Å². The number of nitro groups is 1. The third-order valence-corrected chi connectivity index (χ3v) is 4.16. The van der Waals surface area contributed by atoms with Gasteiger partial charge < -0.3 is 29.0 Å². The summed E-state index contributed by atoms with van der Waals surface area (Å²) in [5, 5.41) is 13.9. The van der Waals surface area contributed by atoms with Crippen molar-refractivity contribution < 1.29 is 28.6 Å². The van der Waals surface area contributed by atoms with E-state index in [-0.39, 0.29) is 5.69 Å². The van der Waals surface area contributed by atoms with Crippen molar-refractivity contribution in [2.24, 2.45) is 0 Å². The van der Waals surface area contributed by atoms with Crippen LogP contribution in [0.5, 0.6) is 5.75 Å². The second kappa shape index (κ2) is 14.3. The molecule has 1 saturated heterocycles. The highest BCUT2D eigenvalue weighted by Gasteiger charge is 2.12. The van der Waals surface area contributed by atoms with Crippen LogP contribution in [0.25, 0.3) is 0 Å². The molecular formula is C19H30N2O7. The first-order valence-corrected chi connectivity index (χ1v) is 9.68. The highest BCUT2D eigenvalue weighted by molar-refractivity contribution is 5.35. The fraction of sp³-hybridized carbons (Fsp3) is 0.684. The Labute approximate surface area is 165 Å². The van der Waals surface area contributed by atoms with Crippen molar-refractivity contribution in [1.29, 1.82) is 0 Å². The van der Waals surface area contributed by atoms with Crippen molar-refractivity contribution in [3.8, 4) is 5.75 Å². The van der Waals surface area contributed by atoms with Crippen LogP contribution in [0, 0.1) is 10.1 Å². The third kappa shape index (κ3) is 9.95. The number of hydrogen-bond donors (Lipinski definition) is 1. The van der Waals surface area contributed by atoms with Gasteiger partial charge in [0.2, 0.25) is 0 Å². The minimum atomic E-state index is -0.443. The summed E-state index contributed by atoms with van der Waals surface area (Å²) in [6.07, 6.45) is 2.51. The van der Waals surface area contributed by atoms with Crippen LogP contribution in [0.1, 0.15) is 12.8 Å². The molecule has 9 nitrogen and oxygen atoms in total. The van der Waals surface area contributed by atoms with Crippen LogP contribution in [0.15, 0.2) is 24.3 Å². The number of nitrogens with one attached hydrogen (secondary N) is 1. The van der Waals surface area contributed by atoms with Crippen molar-refractivity contribution >= 4 is 5.69 Å². The van der Waals surface area contributed by atoms with Gasteiger partial charge in [-0.05, 0) is 38.1 Å². The van der Waals surface area contributed by atoms with Crippen LogP contribution in [-0.4, -0.2) is 77.0 Å². The van der Waals surface area contributed by atoms with E-state index >= 15 is 0 Å². The molecule has 0 spiro atoms. The molecule has 2 rings (SSSR count). The van der Waals surface area contributed by atoms with Gasteiger partial charge in [0.05, 0.1) is 57.3 Å². The van der Waals surface area contributed by atoms with Gasteiger partial charge in [-0.3, -0.25) is 10.1 Å². The third-order valence-electron chi connectivity index (χ3n) is 4.16. The quantitative estimate of drug-likeness (QED) is 0.271. The number of benzene rings is 1. The minimum absolute atomic E-state index is 0.0408. The Balaban J connectivity index is 1.32. The number of piperidine rings is 1. The summed E-state index contributed by atoms with van der Waals surface area (Å²) in [6, 6.07) is 5.95. The van der Waals surface area contributed by atoms with E-state index in [0.29, 0.717) is 64.7 Å². The van der Waals surface area contributed by atoms with Gasteiger partial charge in [-0.15, -0.1) is 0 Å². The molecule has 0 amide bonds. The predicted molar refractivity (Wildman–Crippen MR) is 103 cm³/mol. The molecule has 0 saturated carbocycles. The zero-order valence-electron chi connectivity index (χ0n) is 16.2. The molecule has 0 unspecified atom stereocenters. The molecule has 1 aromatic carbocycles. The van der Waals surface area contributed by atoms with Crippen molar-refractivity contribution in [2.75, 3.05) is 65.9 Å². The molecule has 1 aliphatic heterocycles. The fourth-order valence-electron chi connectivity index (χ4n) is 2.66. The van der Waals surface area contributed by atoms with E-state index in [1.807, 2.05) is 0 Å². The first kappa shape index (κ1) is 22.5. The molecule has 0 aromatic heterocycles. The fourth-order valence-corrected chi connectivity index (χ4v) is 2.66. The zero-order chi connectivity index (χ0) is 19.9. The predicted octanol–water partition coefficient (Wildman–Crippen LogP) is 1.79. The Morgan fingerprint density at radius 2 is 1.39 bits per heavy atom. The number of rotatable bonds is 15. The maximum Gasteiger partial charge on any atom is 0.269 e. The van der Waals surface area contributed by atoms with Crippen molar-refractivity contribution in [2.45, 2.75) is 18.9 Å². The van der Waals surface area contributed by atoms with E-state index < -0.39 is 4.92 Å². The monoisotopic (exact) mass is 398 g/mol. The van der Waals surface area contributed by atoms with E-state index in [1.165, 1.54) is 12.1 Å². The molecule has 0 bridgehead atoms. The molecule has 158 valence electrons. The standard InChI is InChI=1S/C19H30N2O7/c22-21(23)17-1-3-18(4-2-17)27-15-13-25-11-9-24-10-12-26-14-16-28-19-5-7-20-8-6-19/h1-4,19-20H,5-16H2. The van der Waals surface area contributed by atoms with Crippen molar-refractivity contribution in [3.05, 3.63) is 34.4 Å². The molecule has 0 aliphatic carbocycles. The molecule has 1 heterocycles. The summed E-state index contributed by atoms with van der Waals surface area (Å²) in [5.74, 6) is 0.576. The van der Waals surface area contributed by atoms with Gasteiger partial charge in [0.25, 0.3) is 5.69 Å². The van der Waals surface area contributed by atoms with E-state index in [4.69, 9.17) is 23.7 Å². The largest absolute Gasteiger partial charge is 0.491 e. The average molecular weight is 398 g/mol. The Bertz CT molecular complexity index is 536. The average Bonchev–Trinajstić information content (AvgIpc) is 2.72. The second-order valence-corrected chi connectivity index (χ2v) is 6.26. The van der Waals surface area contributed by atoms with Crippen molar-refractivity contribution in [1.82, 2.24) is 5.32 Å². The first-order valence-electron chi connectivity index (χ1n) is 9.68. The van der Waals surface area contributed by atoms with Gasteiger partial charge in [-0.25, -0.2) is 0 Å². The molecule has 1 N–H and O–H groups in total. The summed E-state index contributed by atoms with van der Waals surface area (Å²) in [6.45, 7) is 6.11. The maximum absolute atomic E-state index is 10.6. The summed E-state index contributed by atoms with van der Waals surface area (Å²) in [5.41, 5.74) is 0.0408. The molecule has 1 fully saturated rings. The Hall–Kier alpha value is -1.78. The van der Waals surface area contributed by atoms with Crippen LogP contribution in [0.3, 0.4) is 0 Å². The Morgan fingerprint density at radius 1 is 0.857 bits per heavy atom. The van der Waals surface area contributed by atoms with E-state index in [9.17, 15) is 10.1 Å². The van der Waals surface area contributed by atoms with Crippen LogP contribution < -0.4 is 10.1 Å². The van der Waals surface area contributed by atoms with E-state index in [1.54, 1.807) is 12.1 Å². The number of nitro benzene ring substituents is 1. The van der Waals surface area contributed by atoms with Gasteiger partial charge in [0, 0.05) is 12.1 Å².